The molecule has 0 saturated carbocycles. The van der Waals surface area contributed by atoms with Crippen LogP contribution in [0, 0.1) is 6.92 Å². The Bertz CT molecular complexity index is 4020. The van der Waals surface area contributed by atoms with Crippen molar-refractivity contribution in [2.24, 2.45) is 0 Å². The first-order chi connectivity index (χ1) is 35.2. The lowest BCUT2D eigenvalue weighted by Crippen LogP contribution is -2.12. The van der Waals surface area contributed by atoms with Crippen molar-refractivity contribution in [3.05, 3.63) is 279 Å². The molecule has 2 heterocycles. The average Bonchev–Trinajstić information content (AvgIpc) is 3.95. The second-order valence-electron chi connectivity index (χ2n) is 18.2. The lowest BCUT2D eigenvalue weighted by Gasteiger charge is -2.29. The summed E-state index contributed by atoms with van der Waals surface area (Å²) < 4.78 is 4.80. The summed E-state index contributed by atoms with van der Waals surface area (Å²) in [5, 5.41) is 4.93. The fourth-order valence-electron chi connectivity index (χ4n) is 10.8. The summed E-state index contributed by atoms with van der Waals surface area (Å²) in [7, 11) is 0. The van der Waals surface area contributed by atoms with Crippen molar-refractivity contribution in [1.82, 2.24) is 9.13 Å². The fourth-order valence-corrected chi connectivity index (χ4v) is 10.8. The smallest absolute Gasteiger partial charge is 0.0561 e. The molecule has 0 aliphatic rings. The van der Waals surface area contributed by atoms with Crippen LogP contribution >= 0.6 is 0 Å². The minimum absolute atomic E-state index is 1.07. The zero-order chi connectivity index (χ0) is 47.3. The van der Waals surface area contributed by atoms with Crippen LogP contribution < -0.4 is 9.80 Å². The van der Waals surface area contributed by atoms with Crippen LogP contribution in [-0.4, -0.2) is 9.13 Å². The van der Waals surface area contributed by atoms with Crippen LogP contribution in [0.2, 0.25) is 0 Å². The molecular weight excluding hydrogens is 861 g/mol. The molecule has 0 aliphatic carbocycles. The van der Waals surface area contributed by atoms with Gasteiger partial charge in [-0.1, -0.05) is 164 Å². The molecule has 13 rings (SSSR count). The molecule has 0 N–H and O–H groups in total. The highest BCUT2D eigenvalue weighted by atomic mass is 15.2. The normalized spacial score (nSPS) is 11.5. The molecule has 2 aromatic heterocycles. The van der Waals surface area contributed by atoms with Crippen molar-refractivity contribution in [3.8, 4) is 33.6 Å². The molecule has 0 fully saturated rings. The Morgan fingerprint density at radius 1 is 0.268 bits per heavy atom. The van der Waals surface area contributed by atoms with Gasteiger partial charge in [-0.25, -0.2) is 0 Å². The molecule has 0 unspecified atom stereocenters. The second-order valence-corrected chi connectivity index (χ2v) is 18.2. The molecule has 0 spiro atoms. The van der Waals surface area contributed by atoms with Crippen LogP contribution in [-0.2, 0) is 0 Å². The summed E-state index contributed by atoms with van der Waals surface area (Å²) in [5.41, 5.74) is 19.4. The van der Waals surface area contributed by atoms with Gasteiger partial charge in [0.2, 0.25) is 0 Å². The summed E-state index contributed by atoms with van der Waals surface area (Å²) in [6.45, 7) is 2.25. The number of hydrogen-bond acceptors (Lipinski definition) is 2. The van der Waals surface area contributed by atoms with Crippen molar-refractivity contribution in [1.29, 1.82) is 0 Å². The van der Waals surface area contributed by atoms with Crippen LogP contribution in [0.3, 0.4) is 0 Å². The predicted octanol–water partition coefficient (Wildman–Crippen LogP) is 18.5. The highest BCUT2D eigenvalue weighted by Gasteiger charge is 2.22. The number of rotatable bonds is 10. The van der Waals surface area contributed by atoms with E-state index >= 15 is 0 Å². The first kappa shape index (κ1) is 41.8. The highest BCUT2D eigenvalue weighted by Crippen LogP contribution is 2.45. The van der Waals surface area contributed by atoms with Gasteiger partial charge in [-0.15, -0.1) is 0 Å². The first-order valence-corrected chi connectivity index (χ1v) is 24.3. The van der Waals surface area contributed by atoms with Gasteiger partial charge in [0.25, 0.3) is 0 Å². The topological polar surface area (TPSA) is 16.3 Å². The van der Waals surface area contributed by atoms with E-state index in [4.69, 9.17) is 0 Å². The lowest BCUT2D eigenvalue weighted by molar-refractivity contribution is 1.18. The van der Waals surface area contributed by atoms with Gasteiger partial charge in [0.1, 0.15) is 0 Å². The maximum absolute atomic E-state index is 2.43. The number of benzene rings is 11. The third kappa shape index (κ3) is 7.33. The Balaban J connectivity index is 0.989. The molecule has 0 aliphatic heterocycles. The van der Waals surface area contributed by atoms with E-state index in [1.165, 1.54) is 49.2 Å². The zero-order valence-corrected chi connectivity index (χ0v) is 39.3. The van der Waals surface area contributed by atoms with Crippen LogP contribution in [0.4, 0.5) is 34.1 Å². The molecule has 0 atom stereocenters. The first-order valence-electron chi connectivity index (χ1n) is 24.3. The van der Waals surface area contributed by atoms with Crippen LogP contribution in [0.1, 0.15) is 5.56 Å². The Hall–Kier alpha value is -9.38. The number of para-hydroxylation sites is 7. The Morgan fingerprint density at radius 3 is 1.34 bits per heavy atom. The number of nitrogens with zero attached hydrogens (tertiary/aromatic N) is 4. The molecule has 4 heteroatoms. The number of hydrogen-bond donors (Lipinski definition) is 0. The highest BCUT2D eigenvalue weighted by molar-refractivity contribution is 6.11. The number of anilines is 6. The monoisotopic (exact) mass is 908 g/mol. The van der Waals surface area contributed by atoms with Gasteiger partial charge < -0.3 is 18.9 Å². The average molecular weight is 909 g/mol. The van der Waals surface area contributed by atoms with Gasteiger partial charge >= 0.3 is 0 Å². The molecule has 0 radical (unpaired) electrons. The molecule has 0 saturated heterocycles. The van der Waals surface area contributed by atoms with Crippen molar-refractivity contribution in [2.45, 2.75) is 6.92 Å². The molecular formula is C67H48N4. The summed E-state index contributed by atoms with van der Waals surface area (Å²) >= 11 is 0. The molecule has 4 nitrogen and oxygen atoms in total. The quantitative estimate of drug-likeness (QED) is 0.136. The van der Waals surface area contributed by atoms with E-state index < -0.39 is 0 Å². The van der Waals surface area contributed by atoms with E-state index in [1.807, 2.05) is 0 Å². The maximum atomic E-state index is 2.43. The second kappa shape index (κ2) is 17.6. The summed E-state index contributed by atoms with van der Waals surface area (Å²) in [6.07, 6.45) is 0. The zero-order valence-electron chi connectivity index (χ0n) is 39.3. The maximum Gasteiger partial charge on any atom is 0.0561 e. The largest absolute Gasteiger partial charge is 0.310 e. The van der Waals surface area contributed by atoms with E-state index in [9.17, 15) is 0 Å². The van der Waals surface area contributed by atoms with E-state index in [1.54, 1.807) is 0 Å². The van der Waals surface area contributed by atoms with Gasteiger partial charge in [-0.2, -0.15) is 0 Å². The van der Waals surface area contributed by atoms with E-state index in [-0.39, 0.29) is 0 Å². The Morgan fingerprint density at radius 2 is 0.718 bits per heavy atom. The van der Waals surface area contributed by atoms with E-state index in [0.717, 1.165) is 67.7 Å². The molecule has 71 heavy (non-hydrogen) atoms. The minimum atomic E-state index is 1.07. The third-order valence-electron chi connectivity index (χ3n) is 14.0. The summed E-state index contributed by atoms with van der Waals surface area (Å²) in [4.78, 5) is 4.79. The number of aryl methyl sites for hydroxylation is 1. The molecule has 0 amide bonds. The SMILES string of the molecule is Cc1cc(N(c2cccc(-c3ccc4c5ccccc5n(-c5ccccc5)c4c3)c2)c2ccc3c4ccccc4n(-c4ccccc4)c3c2)ccc1-c1ccccc1N(c1ccccc1)c1ccccc1. The number of aromatic nitrogens is 2. The summed E-state index contributed by atoms with van der Waals surface area (Å²) in [5.74, 6) is 0. The van der Waals surface area contributed by atoms with Gasteiger partial charge in [0.05, 0.1) is 27.8 Å². The Labute approximate surface area is 413 Å². The molecule has 336 valence electrons. The van der Waals surface area contributed by atoms with Crippen molar-refractivity contribution < 1.29 is 0 Å². The lowest BCUT2D eigenvalue weighted by atomic mass is 9.96. The van der Waals surface area contributed by atoms with Gasteiger partial charge in [0, 0.05) is 66.9 Å². The predicted molar refractivity (Wildman–Crippen MR) is 300 cm³/mol. The molecule has 13 aromatic rings. The van der Waals surface area contributed by atoms with Crippen LogP contribution in [0.25, 0.3) is 77.2 Å². The summed E-state index contributed by atoms with van der Waals surface area (Å²) in [6, 6.07) is 98.9. The molecule has 11 aromatic carbocycles. The van der Waals surface area contributed by atoms with Crippen molar-refractivity contribution >= 4 is 77.7 Å². The Kier molecular flexibility index (Phi) is 10.4. The van der Waals surface area contributed by atoms with Gasteiger partial charge in [-0.3, -0.25) is 0 Å². The fraction of sp³-hybridized carbons (Fsp3) is 0.0149. The van der Waals surface area contributed by atoms with Gasteiger partial charge in [-0.05, 0) is 138 Å². The standard InChI is InChI=1S/C67H48N4/c1-47-43-55(38-41-57(47)58-31-14-17-34-63(58)69(50-22-6-2-7-23-50)51-24-8-3-9-25-51)68(56-39-42-62-60-33-16-19-36-65(60)71(67(62)46-56)53-28-12-5-13-29-53)54-30-20-21-48(44-54)49-37-40-61-59-32-15-18-35-64(59)70(66(61)45-49)52-26-10-4-11-27-52/h2-46H,1H3. The van der Waals surface area contributed by atoms with E-state index in [0.29, 0.717) is 0 Å². The van der Waals surface area contributed by atoms with Crippen LogP contribution in [0.15, 0.2) is 273 Å². The van der Waals surface area contributed by atoms with Gasteiger partial charge in [0.15, 0.2) is 0 Å². The third-order valence-corrected chi connectivity index (χ3v) is 14.0. The molecule has 0 bridgehead atoms. The van der Waals surface area contributed by atoms with Crippen molar-refractivity contribution in [2.75, 3.05) is 9.80 Å². The van der Waals surface area contributed by atoms with Crippen molar-refractivity contribution in [3.63, 3.8) is 0 Å². The van der Waals surface area contributed by atoms with Crippen LogP contribution in [0.5, 0.6) is 0 Å². The van der Waals surface area contributed by atoms with E-state index in [2.05, 4.69) is 299 Å². The number of fused-ring (bicyclic) bond motifs is 6. The minimum Gasteiger partial charge on any atom is -0.310 e.